The molecule has 0 radical (unpaired) electrons. The van der Waals surface area contributed by atoms with Crippen molar-refractivity contribution in [3.05, 3.63) is 62.6 Å². The van der Waals surface area contributed by atoms with Crippen molar-refractivity contribution in [2.24, 2.45) is 0 Å². The van der Waals surface area contributed by atoms with E-state index < -0.39 is 11.5 Å². The molecule has 1 unspecified atom stereocenters. The van der Waals surface area contributed by atoms with Gasteiger partial charge in [-0.3, -0.25) is 14.4 Å². The summed E-state index contributed by atoms with van der Waals surface area (Å²) in [6.07, 6.45) is 0.609. The second-order valence-corrected chi connectivity index (χ2v) is 6.71. The van der Waals surface area contributed by atoms with E-state index in [9.17, 15) is 19.5 Å². The Kier molecular flexibility index (Phi) is 5.36. The van der Waals surface area contributed by atoms with E-state index in [1.807, 2.05) is 0 Å². The molecular weight excluding hydrogens is 348 g/mol. The van der Waals surface area contributed by atoms with Crippen molar-refractivity contribution in [1.82, 2.24) is 20.4 Å². The van der Waals surface area contributed by atoms with Crippen LogP contribution in [0.2, 0.25) is 0 Å². The highest BCUT2D eigenvalue weighted by atomic mass is 16.3. The van der Waals surface area contributed by atoms with Crippen LogP contribution in [0.4, 0.5) is 0 Å². The van der Waals surface area contributed by atoms with E-state index in [1.165, 1.54) is 0 Å². The van der Waals surface area contributed by atoms with Crippen LogP contribution < -0.4 is 10.9 Å². The fourth-order valence-electron chi connectivity index (χ4n) is 3.20. The van der Waals surface area contributed by atoms with E-state index in [2.05, 4.69) is 15.5 Å². The largest absolute Gasteiger partial charge is 0.392 e. The Hall–Kier alpha value is -3.00. The molecule has 1 aliphatic heterocycles. The molecule has 1 fully saturated rings. The van der Waals surface area contributed by atoms with E-state index in [4.69, 9.17) is 0 Å². The molecule has 0 spiro atoms. The molecule has 1 atom stereocenters. The highest BCUT2D eigenvalue weighted by Crippen LogP contribution is 2.16. The van der Waals surface area contributed by atoms with Crippen LogP contribution in [0.15, 0.2) is 29.1 Å². The number of hydrogen-bond acceptors (Lipinski definition) is 5. The van der Waals surface area contributed by atoms with Gasteiger partial charge in [-0.25, -0.2) is 5.10 Å². The lowest BCUT2D eigenvalue weighted by Crippen LogP contribution is -2.41. The minimum Gasteiger partial charge on any atom is -0.392 e. The van der Waals surface area contributed by atoms with Gasteiger partial charge >= 0.3 is 0 Å². The summed E-state index contributed by atoms with van der Waals surface area (Å²) in [5.41, 5.74) is 1.85. The molecule has 2 aromatic rings. The minimum absolute atomic E-state index is 0.0583. The first-order valence-electron chi connectivity index (χ1n) is 8.76. The van der Waals surface area contributed by atoms with Crippen LogP contribution in [-0.2, 0) is 6.61 Å². The first-order valence-corrected chi connectivity index (χ1v) is 8.76. The van der Waals surface area contributed by atoms with Crippen molar-refractivity contribution in [2.75, 3.05) is 13.1 Å². The van der Waals surface area contributed by atoms with E-state index in [1.54, 1.807) is 43.0 Å². The minimum atomic E-state index is -0.526. The number of aryl methyl sites for hydroxylation is 1. The van der Waals surface area contributed by atoms with Crippen LogP contribution in [0.25, 0.3) is 0 Å². The van der Waals surface area contributed by atoms with Gasteiger partial charge in [0, 0.05) is 24.7 Å². The van der Waals surface area contributed by atoms with Gasteiger partial charge in [0.1, 0.15) is 5.56 Å². The Morgan fingerprint density at radius 2 is 2.15 bits per heavy atom. The smallest absolute Gasteiger partial charge is 0.277 e. The Bertz CT molecular complexity index is 938. The first kappa shape index (κ1) is 18.8. The van der Waals surface area contributed by atoms with Crippen LogP contribution in [0.3, 0.4) is 0 Å². The highest BCUT2D eigenvalue weighted by Gasteiger charge is 2.29. The monoisotopic (exact) mass is 370 g/mol. The number of hydrogen-bond donors (Lipinski definition) is 3. The molecule has 1 aromatic carbocycles. The van der Waals surface area contributed by atoms with Crippen LogP contribution in [0.1, 0.15) is 44.0 Å². The maximum atomic E-state index is 12.6. The number of aliphatic hydroxyl groups is 1. The Morgan fingerprint density at radius 3 is 2.89 bits per heavy atom. The number of amides is 2. The van der Waals surface area contributed by atoms with E-state index in [0.717, 1.165) is 0 Å². The molecule has 8 heteroatoms. The molecular formula is C19H22N4O4. The van der Waals surface area contributed by atoms with Crippen molar-refractivity contribution in [1.29, 1.82) is 0 Å². The number of rotatable bonds is 4. The topological polar surface area (TPSA) is 115 Å². The quantitative estimate of drug-likeness (QED) is 0.726. The number of carbonyl (C=O) groups is 2. The van der Waals surface area contributed by atoms with Gasteiger partial charge in [-0.1, -0.05) is 12.1 Å². The van der Waals surface area contributed by atoms with Gasteiger partial charge in [0.05, 0.1) is 12.3 Å². The maximum absolute atomic E-state index is 12.6. The third-order valence-corrected chi connectivity index (χ3v) is 4.86. The summed E-state index contributed by atoms with van der Waals surface area (Å²) in [7, 11) is 0. The molecule has 3 N–H and O–H groups in total. The molecule has 2 amide bonds. The number of nitrogens with one attached hydrogen (secondary N) is 2. The zero-order valence-electron chi connectivity index (χ0n) is 15.3. The summed E-state index contributed by atoms with van der Waals surface area (Å²) in [6, 6.07) is 6.62. The summed E-state index contributed by atoms with van der Waals surface area (Å²) < 4.78 is 0. The first-order chi connectivity index (χ1) is 12.9. The van der Waals surface area contributed by atoms with E-state index >= 15 is 0 Å². The van der Waals surface area contributed by atoms with Crippen LogP contribution >= 0.6 is 0 Å². The molecule has 27 heavy (non-hydrogen) atoms. The SMILES string of the molecule is Cc1n[nH]c(=O)c(C(=O)NC2CCN(C(=O)c3cccc(CO)c3)C2)c1C. The third-order valence-electron chi connectivity index (χ3n) is 4.86. The number of aliphatic hydroxyl groups excluding tert-OH is 1. The molecule has 0 bridgehead atoms. The summed E-state index contributed by atoms with van der Waals surface area (Å²) in [4.78, 5) is 38.8. The summed E-state index contributed by atoms with van der Waals surface area (Å²) in [5, 5.41) is 18.2. The Balaban J connectivity index is 1.68. The Morgan fingerprint density at radius 1 is 1.37 bits per heavy atom. The molecule has 0 aliphatic carbocycles. The fraction of sp³-hybridized carbons (Fsp3) is 0.368. The number of aromatic amines is 1. The molecule has 1 aliphatic rings. The zero-order chi connectivity index (χ0) is 19.6. The lowest BCUT2D eigenvalue weighted by Gasteiger charge is -2.18. The highest BCUT2D eigenvalue weighted by molar-refractivity contribution is 5.96. The average Bonchev–Trinajstić information content (AvgIpc) is 3.13. The van der Waals surface area contributed by atoms with E-state index in [0.29, 0.717) is 41.9 Å². The predicted octanol–water partition coefficient (Wildman–Crippen LogP) is 0.524. The van der Waals surface area contributed by atoms with Gasteiger partial charge < -0.3 is 15.3 Å². The van der Waals surface area contributed by atoms with Gasteiger partial charge in [-0.05, 0) is 43.5 Å². The zero-order valence-corrected chi connectivity index (χ0v) is 15.3. The fourth-order valence-corrected chi connectivity index (χ4v) is 3.20. The molecule has 3 rings (SSSR count). The second kappa shape index (κ2) is 7.71. The third kappa shape index (κ3) is 3.90. The van der Waals surface area contributed by atoms with Crippen molar-refractivity contribution in [2.45, 2.75) is 32.9 Å². The molecule has 0 saturated carbocycles. The van der Waals surface area contributed by atoms with Crippen molar-refractivity contribution in [3.8, 4) is 0 Å². The lowest BCUT2D eigenvalue weighted by atomic mass is 10.1. The summed E-state index contributed by atoms with van der Waals surface area (Å²) >= 11 is 0. The maximum Gasteiger partial charge on any atom is 0.277 e. The number of likely N-dealkylation sites (tertiary alicyclic amines) is 1. The van der Waals surface area contributed by atoms with Crippen LogP contribution in [0.5, 0.6) is 0 Å². The molecule has 2 heterocycles. The van der Waals surface area contributed by atoms with Gasteiger partial charge in [0.15, 0.2) is 0 Å². The molecule has 8 nitrogen and oxygen atoms in total. The predicted molar refractivity (Wildman–Crippen MR) is 98.5 cm³/mol. The van der Waals surface area contributed by atoms with E-state index in [-0.39, 0.29) is 24.1 Å². The standard InChI is InChI=1S/C19H22N4O4/c1-11-12(2)21-22-18(26)16(11)17(25)20-15-6-7-23(9-15)19(27)14-5-3-4-13(8-14)10-24/h3-5,8,15,24H,6-7,9-10H2,1-2H3,(H,20,25)(H,22,26). The summed E-state index contributed by atoms with van der Waals surface area (Å²) in [6.45, 7) is 4.16. The number of aromatic nitrogens is 2. The van der Waals surface area contributed by atoms with Gasteiger partial charge in [0.2, 0.25) is 0 Å². The van der Waals surface area contributed by atoms with Crippen molar-refractivity contribution in [3.63, 3.8) is 0 Å². The lowest BCUT2D eigenvalue weighted by molar-refractivity contribution is 0.0783. The van der Waals surface area contributed by atoms with Crippen LogP contribution in [-0.4, -0.2) is 51.1 Å². The van der Waals surface area contributed by atoms with Crippen molar-refractivity contribution < 1.29 is 14.7 Å². The normalized spacial score (nSPS) is 16.4. The number of benzene rings is 1. The molecule has 1 aromatic heterocycles. The molecule has 142 valence electrons. The van der Waals surface area contributed by atoms with Crippen LogP contribution in [0, 0.1) is 13.8 Å². The summed E-state index contributed by atoms with van der Waals surface area (Å²) in [5.74, 6) is -0.600. The Labute approximate surface area is 156 Å². The number of H-pyrrole nitrogens is 1. The number of nitrogens with zero attached hydrogens (tertiary/aromatic N) is 2. The van der Waals surface area contributed by atoms with Gasteiger partial charge in [-0.15, -0.1) is 0 Å². The molecule has 1 saturated heterocycles. The second-order valence-electron chi connectivity index (χ2n) is 6.71. The van der Waals surface area contributed by atoms with Crippen molar-refractivity contribution >= 4 is 11.8 Å². The average molecular weight is 370 g/mol. The van der Waals surface area contributed by atoms with Gasteiger partial charge in [-0.2, -0.15) is 5.10 Å². The number of carbonyl (C=O) groups excluding carboxylic acids is 2. The van der Waals surface area contributed by atoms with Gasteiger partial charge in [0.25, 0.3) is 17.4 Å².